The molecule has 3 heterocycles. The lowest BCUT2D eigenvalue weighted by Crippen LogP contribution is -2.15. The van der Waals surface area contributed by atoms with Gasteiger partial charge in [0.1, 0.15) is 23.4 Å². The summed E-state index contributed by atoms with van der Waals surface area (Å²) in [6.45, 7) is 1.36. The highest BCUT2D eigenvalue weighted by Gasteiger charge is 2.22. The number of carbonyl (C=O) groups is 1. The van der Waals surface area contributed by atoms with Crippen LogP contribution in [0.3, 0.4) is 0 Å². The van der Waals surface area contributed by atoms with E-state index in [-0.39, 0.29) is 23.1 Å². The summed E-state index contributed by atoms with van der Waals surface area (Å²) >= 11 is 0. The highest BCUT2D eigenvalue weighted by molar-refractivity contribution is 6.05. The van der Waals surface area contributed by atoms with Crippen molar-refractivity contribution >= 4 is 11.7 Å². The Balaban J connectivity index is 1.87. The van der Waals surface area contributed by atoms with Gasteiger partial charge in [-0.25, -0.2) is 13.8 Å². The van der Waals surface area contributed by atoms with Gasteiger partial charge in [0.25, 0.3) is 12.3 Å². The molecular weight excluding hydrogens is 360 g/mol. The molecule has 3 rings (SSSR count). The maximum Gasteiger partial charge on any atom is 0.263 e. The predicted octanol–water partition coefficient (Wildman–Crippen LogP) is 2.16. The van der Waals surface area contributed by atoms with Crippen molar-refractivity contribution in [1.29, 1.82) is 0 Å². The number of aromatic nitrogens is 6. The fourth-order valence-corrected chi connectivity index (χ4v) is 2.43. The number of aryl methyl sites for hydroxylation is 1. The Morgan fingerprint density at radius 1 is 1.33 bits per heavy atom. The highest BCUT2D eigenvalue weighted by Crippen LogP contribution is 2.24. The normalized spacial score (nSPS) is 12.2. The number of alkyl halides is 2. The molecule has 0 radical (unpaired) electrons. The molecule has 0 aliphatic rings. The Labute approximate surface area is 153 Å². The second-order valence-electron chi connectivity index (χ2n) is 5.72. The second kappa shape index (κ2) is 7.48. The van der Waals surface area contributed by atoms with Gasteiger partial charge in [-0.2, -0.15) is 0 Å². The van der Waals surface area contributed by atoms with E-state index >= 15 is 0 Å². The van der Waals surface area contributed by atoms with Gasteiger partial charge in [-0.05, 0) is 19.1 Å². The van der Waals surface area contributed by atoms with Gasteiger partial charge in [0.2, 0.25) is 5.88 Å². The third kappa shape index (κ3) is 3.76. The maximum atomic E-state index is 13.0. The monoisotopic (exact) mass is 377 g/mol. The van der Waals surface area contributed by atoms with Crippen LogP contribution in [0.25, 0.3) is 11.5 Å². The van der Waals surface area contributed by atoms with Gasteiger partial charge < -0.3 is 14.6 Å². The number of pyridine rings is 1. The van der Waals surface area contributed by atoms with Crippen LogP contribution in [0.5, 0.6) is 5.88 Å². The molecule has 0 fully saturated rings. The molecule has 1 amide bonds. The minimum absolute atomic E-state index is 0.177. The van der Waals surface area contributed by atoms with Crippen LogP contribution in [0.1, 0.15) is 23.3 Å². The molecule has 0 bridgehead atoms. The summed E-state index contributed by atoms with van der Waals surface area (Å²) in [6.07, 6.45) is 0.152. The van der Waals surface area contributed by atoms with Gasteiger partial charge in [0, 0.05) is 13.2 Å². The first-order valence-electron chi connectivity index (χ1n) is 7.94. The first-order valence-corrected chi connectivity index (χ1v) is 7.94. The van der Waals surface area contributed by atoms with Crippen molar-refractivity contribution in [1.82, 2.24) is 29.5 Å². The van der Waals surface area contributed by atoms with E-state index in [2.05, 4.69) is 25.6 Å². The van der Waals surface area contributed by atoms with Crippen molar-refractivity contribution in [2.75, 3.05) is 12.4 Å². The van der Waals surface area contributed by atoms with Gasteiger partial charge in [-0.15, -0.1) is 15.3 Å². The van der Waals surface area contributed by atoms with Crippen molar-refractivity contribution in [3.8, 4) is 17.4 Å². The van der Waals surface area contributed by atoms with E-state index in [1.807, 2.05) is 0 Å². The van der Waals surface area contributed by atoms with Crippen LogP contribution in [0.4, 0.5) is 14.6 Å². The fourth-order valence-electron chi connectivity index (χ4n) is 2.43. The largest absolute Gasteiger partial charge is 0.479 e. The van der Waals surface area contributed by atoms with Gasteiger partial charge in [0.05, 0.1) is 13.2 Å². The molecule has 0 saturated carbocycles. The van der Waals surface area contributed by atoms with Crippen LogP contribution < -0.4 is 10.1 Å². The lowest BCUT2D eigenvalue weighted by atomic mass is 10.3. The zero-order chi connectivity index (χ0) is 19.6. The third-order valence-electron chi connectivity index (χ3n) is 3.83. The second-order valence-corrected chi connectivity index (χ2v) is 5.72. The Morgan fingerprint density at radius 3 is 2.81 bits per heavy atom. The minimum Gasteiger partial charge on any atom is -0.479 e. The molecule has 1 atom stereocenters. The van der Waals surface area contributed by atoms with Crippen molar-refractivity contribution in [2.24, 2.45) is 7.05 Å². The Kier molecular flexibility index (Phi) is 5.10. The van der Waals surface area contributed by atoms with Crippen LogP contribution in [-0.4, -0.2) is 49.0 Å². The van der Waals surface area contributed by atoms with Crippen molar-refractivity contribution < 1.29 is 18.3 Å². The molecule has 142 valence electrons. The topological polar surface area (TPSA) is 99.8 Å². The molecule has 0 spiro atoms. The average molecular weight is 377 g/mol. The lowest BCUT2D eigenvalue weighted by Gasteiger charge is -2.14. The standard InChI is InChI=1S/C16H17F2N7O2/c1-9(13(17)18)25-8-19-22-14(25)11-5-4-6-12(20-11)21-15(26)10-7-24(2)23-16(10)27-3/h4-9,13H,1-3H3,(H,20,21,26). The SMILES string of the molecule is COc1nn(C)cc1C(=O)Nc1cccc(-c2nncn2C(C)C(F)F)n1. The Morgan fingerprint density at radius 2 is 2.11 bits per heavy atom. The number of rotatable bonds is 6. The Bertz CT molecular complexity index is 954. The third-order valence-corrected chi connectivity index (χ3v) is 3.83. The molecule has 1 N–H and O–H groups in total. The molecule has 0 saturated heterocycles. The van der Waals surface area contributed by atoms with E-state index in [4.69, 9.17) is 4.74 Å². The molecule has 9 nitrogen and oxygen atoms in total. The first-order chi connectivity index (χ1) is 12.9. The summed E-state index contributed by atoms with van der Waals surface area (Å²) < 4.78 is 33.8. The molecule has 11 heteroatoms. The zero-order valence-electron chi connectivity index (χ0n) is 14.8. The Hall–Kier alpha value is -3.37. The molecule has 0 aromatic carbocycles. The molecule has 0 aliphatic heterocycles. The lowest BCUT2D eigenvalue weighted by molar-refractivity contribution is 0.0919. The van der Waals surface area contributed by atoms with Crippen molar-refractivity contribution in [2.45, 2.75) is 19.4 Å². The smallest absolute Gasteiger partial charge is 0.263 e. The molecule has 0 aliphatic carbocycles. The quantitative estimate of drug-likeness (QED) is 0.707. The van der Waals surface area contributed by atoms with Crippen molar-refractivity contribution in [3.05, 3.63) is 36.3 Å². The number of nitrogens with one attached hydrogen (secondary N) is 1. The molecule has 3 aromatic heterocycles. The van der Waals surface area contributed by atoms with E-state index in [9.17, 15) is 13.6 Å². The molecule has 27 heavy (non-hydrogen) atoms. The number of nitrogens with zero attached hydrogens (tertiary/aromatic N) is 6. The number of halogens is 2. The molecule has 1 unspecified atom stereocenters. The van der Waals surface area contributed by atoms with Crippen molar-refractivity contribution in [3.63, 3.8) is 0 Å². The van der Waals surface area contributed by atoms with Gasteiger partial charge in [0.15, 0.2) is 5.82 Å². The average Bonchev–Trinajstić information content (AvgIpc) is 3.27. The minimum atomic E-state index is -2.58. The summed E-state index contributed by atoms with van der Waals surface area (Å²) in [5.74, 6) is 0.115. The van der Waals surface area contributed by atoms with Crippen LogP contribution in [-0.2, 0) is 7.05 Å². The van der Waals surface area contributed by atoms with E-state index in [0.29, 0.717) is 5.69 Å². The molecule has 3 aromatic rings. The summed E-state index contributed by atoms with van der Waals surface area (Å²) in [4.78, 5) is 16.7. The van der Waals surface area contributed by atoms with E-state index in [1.165, 1.54) is 35.8 Å². The van der Waals surface area contributed by atoms with Gasteiger partial charge in [-0.3, -0.25) is 9.48 Å². The van der Waals surface area contributed by atoms with Crippen LogP contribution in [0.2, 0.25) is 0 Å². The number of ether oxygens (including phenoxy) is 1. The van der Waals surface area contributed by atoms with Crippen LogP contribution in [0.15, 0.2) is 30.7 Å². The summed E-state index contributed by atoms with van der Waals surface area (Å²) in [5, 5.41) is 14.2. The summed E-state index contributed by atoms with van der Waals surface area (Å²) in [7, 11) is 3.07. The first kappa shape index (κ1) is 18.4. The molecular formula is C16H17F2N7O2. The van der Waals surface area contributed by atoms with E-state index < -0.39 is 18.4 Å². The fraction of sp³-hybridized carbons (Fsp3) is 0.312. The van der Waals surface area contributed by atoms with E-state index in [1.54, 1.807) is 25.2 Å². The van der Waals surface area contributed by atoms with E-state index in [0.717, 1.165) is 0 Å². The number of carbonyl (C=O) groups excluding carboxylic acids is 1. The number of anilines is 1. The number of hydrogen-bond acceptors (Lipinski definition) is 6. The number of hydrogen-bond donors (Lipinski definition) is 1. The summed E-state index contributed by atoms with van der Waals surface area (Å²) in [5.41, 5.74) is 0.539. The maximum absolute atomic E-state index is 13.0. The predicted molar refractivity (Wildman–Crippen MR) is 91.7 cm³/mol. The zero-order valence-corrected chi connectivity index (χ0v) is 14.8. The van der Waals surface area contributed by atoms with Gasteiger partial charge in [-0.1, -0.05) is 6.07 Å². The van der Waals surface area contributed by atoms with Crippen LogP contribution >= 0.6 is 0 Å². The highest BCUT2D eigenvalue weighted by atomic mass is 19.3. The van der Waals surface area contributed by atoms with Gasteiger partial charge >= 0.3 is 0 Å². The number of methoxy groups -OCH3 is 1. The summed E-state index contributed by atoms with van der Waals surface area (Å²) in [6, 6.07) is 3.68. The van der Waals surface area contributed by atoms with Crippen LogP contribution in [0, 0.1) is 0 Å². The number of amides is 1.